The van der Waals surface area contributed by atoms with E-state index in [1.54, 1.807) is 17.9 Å². The van der Waals surface area contributed by atoms with Gasteiger partial charge in [0.1, 0.15) is 5.76 Å². The zero-order valence-corrected chi connectivity index (χ0v) is 14.0. The summed E-state index contributed by atoms with van der Waals surface area (Å²) >= 11 is 0. The molecule has 0 saturated carbocycles. The van der Waals surface area contributed by atoms with Crippen LogP contribution in [0.5, 0.6) is 0 Å². The molecule has 0 radical (unpaired) electrons. The van der Waals surface area contributed by atoms with E-state index < -0.39 is 0 Å². The summed E-state index contributed by atoms with van der Waals surface area (Å²) in [6.45, 7) is 8.54. The molecule has 0 saturated heterocycles. The van der Waals surface area contributed by atoms with E-state index in [4.69, 9.17) is 4.52 Å². The van der Waals surface area contributed by atoms with Crippen molar-refractivity contribution >= 4 is 17.6 Å². The average Bonchev–Trinajstić information content (AvgIpc) is 2.82. The highest BCUT2D eigenvalue weighted by atomic mass is 16.5. The first kappa shape index (κ1) is 18.2. The van der Waals surface area contributed by atoms with Crippen molar-refractivity contribution in [3.8, 4) is 0 Å². The summed E-state index contributed by atoms with van der Waals surface area (Å²) in [6.07, 6.45) is 3.51. The molecule has 1 heterocycles. The monoisotopic (exact) mass is 309 g/mol. The molecule has 0 aromatic carbocycles. The van der Waals surface area contributed by atoms with Crippen LogP contribution in [-0.4, -0.2) is 35.0 Å². The zero-order chi connectivity index (χ0) is 16.5. The minimum atomic E-state index is -0.248. The second-order valence-corrected chi connectivity index (χ2v) is 5.99. The Kier molecular flexibility index (Phi) is 7.63. The van der Waals surface area contributed by atoms with Crippen LogP contribution in [0, 0.1) is 12.8 Å². The molecule has 0 spiro atoms. The van der Waals surface area contributed by atoms with Gasteiger partial charge in [0.25, 0.3) is 0 Å². The smallest absolute Gasteiger partial charge is 0.245 e. The van der Waals surface area contributed by atoms with Crippen LogP contribution < -0.4 is 5.32 Å². The highest BCUT2D eigenvalue weighted by molar-refractivity contribution is 5.93. The molecule has 124 valence electrons. The van der Waals surface area contributed by atoms with Gasteiger partial charge in [0.15, 0.2) is 5.82 Å². The molecule has 0 fully saturated rings. The van der Waals surface area contributed by atoms with Gasteiger partial charge >= 0.3 is 0 Å². The number of nitrogens with zero attached hydrogens (tertiary/aromatic N) is 2. The number of unbranched alkanes of at least 4 members (excludes halogenated alkanes) is 2. The van der Waals surface area contributed by atoms with E-state index >= 15 is 0 Å². The van der Waals surface area contributed by atoms with E-state index in [0.717, 1.165) is 19.3 Å². The lowest BCUT2D eigenvalue weighted by Gasteiger charge is -2.22. The van der Waals surface area contributed by atoms with Crippen LogP contribution in [0.25, 0.3) is 0 Å². The quantitative estimate of drug-likeness (QED) is 0.712. The lowest BCUT2D eigenvalue weighted by Crippen LogP contribution is -2.39. The molecule has 1 aromatic heterocycles. The fraction of sp³-hybridized carbons (Fsp3) is 0.688. The first-order valence-corrected chi connectivity index (χ1v) is 7.93. The van der Waals surface area contributed by atoms with Gasteiger partial charge in [0.2, 0.25) is 11.8 Å². The van der Waals surface area contributed by atoms with Crippen LogP contribution in [0.2, 0.25) is 0 Å². The second-order valence-electron chi connectivity index (χ2n) is 5.99. The number of anilines is 1. The van der Waals surface area contributed by atoms with E-state index in [9.17, 15) is 9.59 Å². The lowest BCUT2D eigenvalue weighted by atomic mass is 10.1. The molecule has 0 atom stereocenters. The lowest BCUT2D eigenvalue weighted by molar-refractivity contribution is -0.135. The Morgan fingerprint density at radius 2 is 2.09 bits per heavy atom. The van der Waals surface area contributed by atoms with Gasteiger partial charge in [0.05, 0.1) is 6.54 Å². The number of carbonyl (C=O) groups excluding carboxylic acids is 2. The topological polar surface area (TPSA) is 75.4 Å². The van der Waals surface area contributed by atoms with Gasteiger partial charge < -0.3 is 14.7 Å². The second kappa shape index (κ2) is 9.23. The van der Waals surface area contributed by atoms with Gasteiger partial charge in [-0.3, -0.25) is 9.59 Å². The summed E-state index contributed by atoms with van der Waals surface area (Å²) in [5, 5.41) is 6.38. The first-order valence-electron chi connectivity index (χ1n) is 7.93. The molecule has 1 aromatic rings. The fourth-order valence-electron chi connectivity index (χ4n) is 2.10. The van der Waals surface area contributed by atoms with Crippen LogP contribution in [0.15, 0.2) is 10.6 Å². The standard InChI is InChI=1S/C16H27N3O3/c1-5-6-7-8-19(16(21)9-12(2)3)11-15(20)17-14-10-13(4)22-18-14/h10,12H,5-9,11H2,1-4H3,(H,17,18,20). The number of aryl methyl sites for hydroxylation is 1. The molecule has 0 unspecified atom stereocenters. The van der Waals surface area contributed by atoms with Crippen molar-refractivity contribution in [3.05, 3.63) is 11.8 Å². The first-order chi connectivity index (χ1) is 10.4. The molecule has 1 rings (SSSR count). The number of carbonyl (C=O) groups is 2. The number of hydrogen-bond donors (Lipinski definition) is 1. The van der Waals surface area contributed by atoms with Crippen molar-refractivity contribution in [2.45, 2.75) is 53.4 Å². The third-order valence-corrected chi connectivity index (χ3v) is 3.20. The Labute approximate surface area is 132 Å². The van der Waals surface area contributed by atoms with E-state index in [1.165, 1.54) is 0 Å². The summed E-state index contributed by atoms with van der Waals surface area (Å²) in [6, 6.07) is 1.65. The van der Waals surface area contributed by atoms with Crippen molar-refractivity contribution in [2.75, 3.05) is 18.4 Å². The zero-order valence-electron chi connectivity index (χ0n) is 14.0. The van der Waals surface area contributed by atoms with Gasteiger partial charge in [0, 0.05) is 19.0 Å². The molecule has 1 N–H and O–H groups in total. The van der Waals surface area contributed by atoms with Gasteiger partial charge in [-0.05, 0) is 19.3 Å². The molecule has 22 heavy (non-hydrogen) atoms. The third-order valence-electron chi connectivity index (χ3n) is 3.20. The fourth-order valence-corrected chi connectivity index (χ4v) is 2.10. The maximum absolute atomic E-state index is 12.3. The van der Waals surface area contributed by atoms with Gasteiger partial charge in [-0.1, -0.05) is 38.8 Å². The van der Waals surface area contributed by atoms with Crippen LogP contribution in [0.1, 0.15) is 52.2 Å². The average molecular weight is 309 g/mol. The van der Waals surface area contributed by atoms with Crippen LogP contribution in [0.4, 0.5) is 5.82 Å². The van der Waals surface area contributed by atoms with Gasteiger partial charge in [-0.25, -0.2) is 0 Å². The minimum Gasteiger partial charge on any atom is -0.360 e. The number of amides is 2. The third kappa shape index (κ3) is 6.74. The van der Waals surface area contributed by atoms with Crippen LogP contribution in [0.3, 0.4) is 0 Å². The van der Waals surface area contributed by atoms with Crippen LogP contribution >= 0.6 is 0 Å². The maximum Gasteiger partial charge on any atom is 0.245 e. The number of hydrogen-bond acceptors (Lipinski definition) is 4. The highest BCUT2D eigenvalue weighted by Crippen LogP contribution is 2.09. The summed E-state index contributed by atoms with van der Waals surface area (Å²) in [5.41, 5.74) is 0. The SMILES string of the molecule is CCCCCN(CC(=O)Nc1cc(C)on1)C(=O)CC(C)C. The minimum absolute atomic E-state index is 0.0255. The molecular formula is C16H27N3O3. The van der Waals surface area contributed by atoms with Crippen molar-refractivity contribution < 1.29 is 14.1 Å². The van der Waals surface area contributed by atoms with Gasteiger partial charge in [-0.2, -0.15) is 0 Å². The van der Waals surface area contributed by atoms with Crippen molar-refractivity contribution in [3.63, 3.8) is 0 Å². The Hall–Kier alpha value is -1.85. The Morgan fingerprint density at radius 1 is 1.36 bits per heavy atom. The van der Waals surface area contributed by atoms with Crippen molar-refractivity contribution in [2.24, 2.45) is 5.92 Å². The van der Waals surface area contributed by atoms with E-state index in [0.29, 0.717) is 24.5 Å². The summed E-state index contributed by atoms with van der Waals surface area (Å²) in [7, 11) is 0. The largest absolute Gasteiger partial charge is 0.360 e. The molecule has 6 heteroatoms. The van der Waals surface area contributed by atoms with E-state index in [1.807, 2.05) is 13.8 Å². The predicted molar refractivity (Wildman–Crippen MR) is 85.4 cm³/mol. The maximum atomic E-state index is 12.3. The Bertz CT molecular complexity index is 483. The van der Waals surface area contributed by atoms with E-state index in [2.05, 4.69) is 17.4 Å². The molecule has 2 amide bonds. The summed E-state index contributed by atoms with van der Waals surface area (Å²) in [5.74, 6) is 1.07. The summed E-state index contributed by atoms with van der Waals surface area (Å²) < 4.78 is 4.90. The molecule has 6 nitrogen and oxygen atoms in total. The number of aromatic nitrogens is 1. The molecule has 0 bridgehead atoms. The van der Waals surface area contributed by atoms with E-state index in [-0.39, 0.29) is 24.3 Å². The summed E-state index contributed by atoms with van der Waals surface area (Å²) in [4.78, 5) is 26.0. The van der Waals surface area contributed by atoms with Crippen molar-refractivity contribution in [1.82, 2.24) is 10.1 Å². The van der Waals surface area contributed by atoms with Crippen LogP contribution in [-0.2, 0) is 9.59 Å². The number of nitrogens with one attached hydrogen (secondary N) is 1. The van der Waals surface area contributed by atoms with Gasteiger partial charge in [-0.15, -0.1) is 0 Å². The molecule has 0 aliphatic heterocycles. The Balaban J connectivity index is 2.57. The van der Waals surface area contributed by atoms with Crippen molar-refractivity contribution in [1.29, 1.82) is 0 Å². The molecule has 0 aliphatic carbocycles. The normalized spacial score (nSPS) is 10.8. The molecular weight excluding hydrogens is 282 g/mol. The highest BCUT2D eigenvalue weighted by Gasteiger charge is 2.18. The Morgan fingerprint density at radius 3 is 2.64 bits per heavy atom. The predicted octanol–water partition coefficient (Wildman–Crippen LogP) is 2.99. The number of rotatable bonds is 9. The molecule has 0 aliphatic rings.